The maximum absolute atomic E-state index is 12.7. The van der Waals surface area contributed by atoms with Gasteiger partial charge in [-0.2, -0.15) is 0 Å². The summed E-state index contributed by atoms with van der Waals surface area (Å²) in [5, 5.41) is 102. The highest BCUT2D eigenvalue weighted by atomic mass is 16.7. The number of carboxylic acid groups (broad SMARTS) is 2. The maximum Gasteiger partial charge on any atom is 0.308 e. The van der Waals surface area contributed by atoms with E-state index in [4.69, 9.17) is 28.4 Å². The topological polar surface area (TPSA) is 292 Å². The van der Waals surface area contributed by atoms with Crippen LogP contribution in [0.5, 0.6) is 23.0 Å². The summed E-state index contributed by atoms with van der Waals surface area (Å²) >= 11 is 0. The van der Waals surface area contributed by atoms with Crippen molar-refractivity contribution >= 4 is 11.9 Å². The summed E-state index contributed by atoms with van der Waals surface area (Å²) in [6.45, 7) is -1.51. The Hall–Kier alpha value is -3.82. The molecule has 2 aliphatic heterocycles. The molecule has 50 heavy (non-hydrogen) atoms. The van der Waals surface area contributed by atoms with Gasteiger partial charge in [0.15, 0.2) is 0 Å². The number of aliphatic carboxylic acids is 2. The molecule has 0 spiro atoms. The number of rotatable bonds is 12. The second-order valence-corrected chi connectivity index (χ2v) is 12.2. The smallest absolute Gasteiger partial charge is 0.308 e. The average molecular weight is 713 g/mol. The molecule has 2 aromatic carbocycles. The Morgan fingerprint density at radius 1 is 0.600 bits per heavy atom. The Balaban J connectivity index is 1.60. The van der Waals surface area contributed by atoms with Crippen molar-refractivity contribution in [3.05, 3.63) is 47.5 Å². The molecule has 0 radical (unpaired) electrons. The molecule has 18 nitrogen and oxygen atoms in total. The molecule has 2 heterocycles. The summed E-state index contributed by atoms with van der Waals surface area (Å²) < 4.78 is 33.5. The van der Waals surface area contributed by atoms with Crippen molar-refractivity contribution in [1.29, 1.82) is 0 Å². The molecule has 0 amide bonds. The van der Waals surface area contributed by atoms with Crippen LogP contribution in [0.25, 0.3) is 0 Å². The van der Waals surface area contributed by atoms with Crippen molar-refractivity contribution in [3.8, 4) is 23.0 Å². The largest absolute Gasteiger partial charge is 0.497 e. The Morgan fingerprint density at radius 2 is 0.960 bits per heavy atom. The summed E-state index contributed by atoms with van der Waals surface area (Å²) in [6, 6.07) is 8.40. The highest BCUT2D eigenvalue weighted by Crippen LogP contribution is 2.61. The highest BCUT2D eigenvalue weighted by molar-refractivity contribution is 5.86. The van der Waals surface area contributed by atoms with Crippen LogP contribution in [0, 0.1) is 11.8 Å². The molecule has 0 bridgehead atoms. The first-order chi connectivity index (χ1) is 23.8. The number of carboxylic acids is 2. The van der Waals surface area contributed by atoms with E-state index < -0.39 is 110 Å². The van der Waals surface area contributed by atoms with E-state index in [1.54, 1.807) is 0 Å². The lowest BCUT2D eigenvalue weighted by Gasteiger charge is -2.49. The normalized spacial score (nSPS) is 36.9. The predicted octanol–water partition coefficient (Wildman–Crippen LogP) is -2.66. The lowest BCUT2D eigenvalue weighted by atomic mass is 9.52. The zero-order chi connectivity index (χ0) is 36.6. The quantitative estimate of drug-likeness (QED) is 0.107. The molecular formula is C32H40O18. The monoisotopic (exact) mass is 712 g/mol. The molecule has 5 rings (SSSR count). The van der Waals surface area contributed by atoms with Crippen LogP contribution in [0.4, 0.5) is 0 Å². The maximum atomic E-state index is 12.7. The standard InChI is InChI=1S/C32H40O18/c1-45-11-3-5-13(15(7-11)47-31-27(39)25(37)23(35)17(9-33)49-31)19-20(22(30(43)44)21(19)29(41)42)14-6-4-12(46-2)8-16(14)48-32-28(40)26(38)24(36)18(10-34)50-32/h3-8,17-28,31-40H,9-10H2,1-2H3,(H,41,42)(H,43,44)/t17-,18-,19-,20+,21-,22+,23-,24-,25+,26+,27-,28-,31+,32+/m1/s1. The van der Waals surface area contributed by atoms with Gasteiger partial charge in [-0.25, -0.2) is 0 Å². The zero-order valence-electron chi connectivity index (χ0n) is 26.7. The van der Waals surface area contributed by atoms with Gasteiger partial charge < -0.3 is 79.5 Å². The Labute approximate surface area is 284 Å². The first kappa shape index (κ1) is 37.4. The minimum absolute atomic E-state index is 0.104. The first-order valence-corrected chi connectivity index (χ1v) is 15.5. The highest BCUT2D eigenvalue weighted by Gasteiger charge is 2.60. The molecule has 0 unspecified atom stereocenters. The van der Waals surface area contributed by atoms with Crippen molar-refractivity contribution in [2.75, 3.05) is 27.4 Å². The number of benzene rings is 2. The van der Waals surface area contributed by atoms with Gasteiger partial charge in [0.2, 0.25) is 12.6 Å². The van der Waals surface area contributed by atoms with Crippen LogP contribution in [-0.2, 0) is 19.1 Å². The van der Waals surface area contributed by atoms with E-state index in [-0.39, 0.29) is 34.1 Å². The molecule has 14 atom stereocenters. The molecule has 3 aliphatic rings. The van der Waals surface area contributed by atoms with Crippen molar-refractivity contribution in [1.82, 2.24) is 0 Å². The van der Waals surface area contributed by atoms with E-state index in [1.807, 2.05) is 0 Å². The number of methoxy groups -OCH3 is 2. The van der Waals surface area contributed by atoms with Crippen LogP contribution >= 0.6 is 0 Å². The fourth-order valence-electron chi connectivity index (χ4n) is 6.75. The molecule has 276 valence electrons. The average Bonchev–Trinajstić information content (AvgIpc) is 3.08. The van der Waals surface area contributed by atoms with E-state index in [0.29, 0.717) is 0 Å². The van der Waals surface area contributed by atoms with Crippen LogP contribution in [0.1, 0.15) is 23.0 Å². The van der Waals surface area contributed by atoms with Crippen LogP contribution in [0.15, 0.2) is 36.4 Å². The minimum Gasteiger partial charge on any atom is -0.497 e. The fraction of sp³-hybridized carbons (Fsp3) is 0.562. The molecule has 2 aromatic rings. The molecule has 2 saturated heterocycles. The van der Waals surface area contributed by atoms with E-state index in [1.165, 1.54) is 50.6 Å². The summed E-state index contributed by atoms with van der Waals surface area (Å²) in [6.07, 6.45) is -16.7. The first-order valence-electron chi connectivity index (χ1n) is 15.5. The number of carbonyl (C=O) groups is 2. The van der Waals surface area contributed by atoms with E-state index in [2.05, 4.69) is 0 Å². The van der Waals surface area contributed by atoms with Crippen LogP contribution in [0.3, 0.4) is 0 Å². The summed E-state index contributed by atoms with van der Waals surface area (Å²) in [5.41, 5.74) is 0.208. The van der Waals surface area contributed by atoms with Gasteiger partial charge in [-0.05, 0) is 23.3 Å². The summed E-state index contributed by atoms with van der Waals surface area (Å²) in [7, 11) is 2.67. The van der Waals surface area contributed by atoms with Crippen molar-refractivity contribution in [2.45, 2.75) is 73.2 Å². The Bertz CT molecular complexity index is 1400. The minimum atomic E-state index is -1.84. The van der Waals surface area contributed by atoms with Gasteiger partial charge in [-0.3, -0.25) is 9.59 Å². The molecule has 1 aliphatic carbocycles. The molecular weight excluding hydrogens is 672 g/mol. The van der Waals surface area contributed by atoms with Gasteiger partial charge >= 0.3 is 11.9 Å². The third kappa shape index (κ3) is 6.79. The van der Waals surface area contributed by atoms with Crippen molar-refractivity contribution in [3.63, 3.8) is 0 Å². The number of ether oxygens (including phenoxy) is 6. The molecule has 10 N–H and O–H groups in total. The third-order valence-corrected chi connectivity index (χ3v) is 9.46. The number of hydrogen-bond donors (Lipinski definition) is 10. The SMILES string of the molecule is COc1ccc([C@@H]2[C@H](C(=O)O)[C@H](C(=O)O)[C@@H]2c2ccc(OC)cc2O[C@H]2O[C@H](CO)[C@@H](O)[C@H](O)[C@H]2O)c(O[C@H]2O[C@H](CO)[C@@H](O)[C@H](O)[C@H]2O)c1. The predicted molar refractivity (Wildman–Crippen MR) is 163 cm³/mol. The van der Waals surface area contributed by atoms with Crippen LogP contribution < -0.4 is 18.9 Å². The van der Waals surface area contributed by atoms with Crippen molar-refractivity contribution < 1.29 is 89.1 Å². The van der Waals surface area contributed by atoms with Gasteiger partial charge in [-0.15, -0.1) is 0 Å². The molecule has 3 fully saturated rings. The van der Waals surface area contributed by atoms with E-state index in [9.17, 15) is 60.7 Å². The third-order valence-electron chi connectivity index (χ3n) is 9.46. The molecule has 18 heteroatoms. The number of hydrogen-bond acceptors (Lipinski definition) is 16. The molecule has 0 aromatic heterocycles. The number of aliphatic hydroxyl groups excluding tert-OH is 8. The Morgan fingerprint density at radius 3 is 1.26 bits per heavy atom. The van der Waals surface area contributed by atoms with E-state index >= 15 is 0 Å². The van der Waals surface area contributed by atoms with Crippen LogP contribution in [-0.4, -0.2) is 152 Å². The van der Waals surface area contributed by atoms with Gasteiger partial charge in [-0.1, -0.05) is 12.1 Å². The van der Waals surface area contributed by atoms with Crippen LogP contribution in [0.2, 0.25) is 0 Å². The van der Waals surface area contributed by atoms with E-state index in [0.717, 1.165) is 0 Å². The zero-order valence-corrected chi connectivity index (χ0v) is 26.7. The second kappa shape index (κ2) is 15.2. The Kier molecular flexibility index (Phi) is 11.4. The van der Waals surface area contributed by atoms with Gasteiger partial charge in [0.05, 0.1) is 39.3 Å². The van der Waals surface area contributed by atoms with Crippen molar-refractivity contribution in [2.24, 2.45) is 11.8 Å². The fourth-order valence-corrected chi connectivity index (χ4v) is 6.75. The second-order valence-electron chi connectivity index (χ2n) is 12.2. The summed E-state index contributed by atoms with van der Waals surface area (Å²) in [5.74, 6) is -8.42. The van der Waals surface area contributed by atoms with Gasteiger partial charge in [0.25, 0.3) is 0 Å². The lowest BCUT2D eigenvalue weighted by molar-refractivity contribution is -0.277. The summed E-state index contributed by atoms with van der Waals surface area (Å²) in [4.78, 5) is 25.4. The number of aliphatic hydroxyl groups is 8. The van der Waals surface area contributed by atoms with Gasteiger partial charge in [0, 0.05) is 24.0 Å². The molecule has 1 saturated carbocycles. The van der Waals surface area contributed by atoms with Gasteiger partial charge in [0.1, 0.15) is 71.8 Å². The lowest BCUT2D eigenvalue weighted by Crippen LogP contribution is -2.60.